The fourth-order valence-corrected chi connectivity index (χ4v) is 1.93. The van der Waals surface area contributed by atoms with E-state index >= 15 is 0 Å². The van der Waals surface area contributed by atoms with Gasteiger partial charge in [-0.2, -0.15) is 0 Å². The monoisotopic (exact) mass is 241 g/mol. The third kappa shape index (κ3) is 3.65. The van der Waals surface area contributed by atoms with E-state index in [1.165, 1.54) is 12.8 Å². The Kier molecular flexibility index (Phi) is 4.43. The van der Waals surface area contributed by atoms with E-state index in [0.717, 1.165) is 25.2 Å². The Labute approximate surface area is 101 Å². The summed E-state index contributed by atoms with van der Waals surface area (Å²) in [7, 11) is 0. The fraction of sp³-hybridized carbons (Fsp3) is 0.583. The summed E-state index contributed by atoms with van der Waals surface area (Å²) in [5.74, 6) is 0.775. The van der Waals surface area contributed by atoms with Crippen molar-refractivity contribution in [1.82, 2.24) is 4.98 Å². The van der Waals surface area contributed by atoms with Crippen molar-refractivity contribution in [3.05, 3.63) is 23.5 Å². The summed E-state index contributed by atoms with van der Waals surface area (Å²) in [6.07, 6.45) is 6.60. The van der Waals surface area contributed by atoms with Crippen LogP contribution in [0.5, 0.6) is 5.75 Å². The quantitative estimate of drug-likeness (QED) is 0.587. The van der Waals surface area contributed by atoms with E-state index in [4.69, 9.17) is 21.1 Å². The number of hydrogen-bond donors (Lipinski definition) is 0. The van der Waals surface area contributed by atoms with Gasteiger partial charge in [0, 0.05) is 6.61 Å². The summed E-state index contributed by atoms with van der Waals surface area (Å²) >= 11 is 5.68. The highest BCUT2D eigenvalue weighted by atomic mass is 35.5. The zero-order valence-electron chi connectivity index (χ0n) is 9.19. The van der Waals surface area contributed by atoms with Crippen LogP contribution in [-0.4, -0.2) is 24.3 Å². The maximum absolute atomic E-state index is 5.68. The molecule has 1 unspecified atom stereocenters. The van der Waals surface area contributed by atoms with Crippen LogP contribution in [0.15, 0.2) is 18.3 Å². The largest absolute Gasteiger partial charge is 0.492 e. The summed E-state index contributed by atoms with van der Waals surface area (Å²) in [5, 5.41) is 0.492. The van der Waals surface area contributed by atoms with E-state index in [2.05, 4.69) is 4.98 Å². The Morgan fingerprint density at radius 3 is 3.12 bits per heavy atom. The molecule has 0 aromatic carbocycles. The first kappa shape index (κ1) is 11.7. The van der Waals surface area contributed by atoms with Crippen molar-refractivity contribution in [2.75, 3.05) is 13.2 Å². The highest BCUT2D eigenvalue weighted by Crippen LogP contribution is 2.17. The molecule has 0 N–H and O–H groups in total. The number of pyridine rings is 1. The fourth-order valence-electron chi connectivity index (χ4n) is 1.82. The van der Waals surface area contributed by atoms with E-state index in [1.807, 2.05) is 6.07 Å². The van der Waals surface area contributed by atoms with Crippen molar-refractivity contribution >= 4 is 11.6 Å². The molecule has 4 heteroatoms. The molecule has 0 saturated carbocycles. The first-order valence-corrected chi connectivity index (χ1v) is 6.08. The second-order valence-corrected chi connectivity index (χ2v) is 4.33. The van der Waals surface area contributed by atoms with Gasteiger partial charge in [-0.1, -0.05) is 11.6 Å². The van der Waals surface area contributed by atoms with Crippen molar-refractivity contribution in [2.24, 2.45) is 0 Å². The molecule has 1 aromatic heterocycles. The molecule has 0 aliphatic carbocycles. The van der Waals surface area contributed by atoms with Crippen LogP contribution in [0.2, 0.25) is 5.15 Å². The van der Waals surface area contributed by atoms with Crippen LogP contribution in [-0.2, 0) is 4.74 Å². The van der Waals surface area contributed by atoms with Crippen LogP contribution >= 0.6 is 11.6 Å². The minimum atomic E-state index is 0.451. The van der Waals surface area contributed by atoms with Crippen LogP contribution in [0.3, 0.4) is 0 Å². The van der Waals surface area contributed by atoms with Gasteiger partial charge < -0.3 is 9.47 Å². The summed E-state index contributed by atoms with van der Waals surface area (Å²) in [4.78, 5) is 3.95. The number of halogens is 1. The lowest BCUT2D eigenvalue weighted by Gasteiger charge is -2.09. The molecule has 2 rings (SSSR count). The van der Waals surface area contributed by atoms with E-state index in [0.29, 0.717) is 17.9 Å². The highest BCUT2D eigenvalue weighted by Gasteiger charge is 2.14. The minimum absolute atomic E-state index is 0.451. The van der Waals surface area contributed by atoms with Crippen molar-refractivity contribution in [3.8, 4) is 5.75 Å². The molecule has 16 heavy (non-hydrogen) atoms. The van der Waals surface area contributed by atoms with Crippen LogP contribution in [0.4, 0.5) is 0 Å². The van der Waals surface area contributed by atoms with E-state index in [1.54, 1.807) is 12.3 Å². The molecular formula is C12H16ClNO2. The number of ether oxygens (including phenoxy) is 2. The molecule has 0 spiro atoms. The minimum Gasteiger partial charge on any atom is -0.492 e. The zero-order chi connectivity index (χ0) is 11.2. The van der Waals surface area contributed by atoms with Gasteiger partial charge >= 0.3 is 0 Å². The zero-order valence-corrected chi connectivity index (χ0v) is 9.95. The van der Waals surface area contributed by atoms with E-state index < -0.39 is 0 Å². The van der Waals surface area contributed by atoms with Gasteiger partial charge in [0.15, 0.2) is 0 Å². The predicted molar refractivity (Wildman–Crippen MR) is 63.0 cm³/mol. The lowest BCUT2D eigenvalue weighted by molar-refractivity contribution is 0.0981. The number of rotatable bonds is 5. The van der Waals surface area contributed by atoms with Crippen LogP contribution in [0, 0.1) is 0 Å². The summed E-state index contributed by atoms with van der Waals surface area (Å²) in [6, 6.07) is 3.57. The average Bonchev–Trinajstić information content (AvgIpc) is 2.80. The molecule has 88 valence electrons. The van der Waals surface area contributed by atoms with Crippen LogP contribution in [0.25, 0.3) is 0 Å². The first-order chi connectivity index (χ1) is 7.84. The van der Waals surface area contributed by atoms with Crippen LogP contribution < -0.4 is 4.74 Å². The molecule has 3 nitrogen and oxygen atoms in total. The lowest BCUT2D eigenvalue weighted by Crippen LogP contribution is -2.07. The summed E-state index contributed by atoms with van der Waals surface area (Å²) in [6.45, 7) is 1.63. The Hall–Kier alpha value is -0.800. The predicted octanol–water partition coefficient (Wildman–Crippen LogP) is 3.07. The molecule has 0 amide bonds. The molecule has 1 aliphatic heterocycles. The second-order valence-electron chi connectivity index (χ2n) is 3.94. The topological polar surface area (TPSA) is 31.4 Å². The van der Waals surface area contributed by atoms with Gasteiger partial charge in [-0.25, -0.2) is 4.98 Å². The molecule has 1 fully saturated rings. The third-order valence-electron chi connectivity index (χ3n) is 2.66. The van der Waals surface area contributed by atoms with E-state index in [-0.39, 0.29) is 0 Å². The normalized spacial score (nSPS) is 19.9. The Morgan fingerprint density at radius 2 is 2.44 bits per heavy atom. The van der Waals surface area contributed by atoms with Crippen molar-refractivity contribution in [3.63, 3.8) is 0 Å². The van der Waals surface area contributed by atoms with E-state index in [9.17, 15) is 0 Å². The molecule has 1 aliphatic rings. The smallest absolute Gasteiger partial charge is 0.137 e. The molecular weight excluding hydrogens is 226 g/mol. The Morgan fingerprint density at radius 1 is 1.50 bits per heavy atom. The third-order valence-corrected chi connectivity index (χ3v) is 2.89. The maximum atomic E-state index is 5.68. The number of aromatic nitrogens is 1. The van der Waals surface area contributed by atoms with Gasteiger partial charge in [-0.3, -0.25) is 0 Å². The highest BCUT2D eigenvalue weighted by molar-refractivity contribution is 6.29. The second kappa shape index (κ2) is 6.06. The standard InChI is InChI=1S/C12H16ClNO2/c13-12-6-5-11(9-14-12)16-8-2-4-10-3-1-7-15-10/h5-6,9-10H,1-4,7-8H2. The van der Waals surface area contributed by atoms with Gasteiger partial charge in [0.1, 0.15) is 10.9 Å². The average molecular weight is 242 g/mol. The molecule has 1 atom stereocenters. The van der Waals surface area contributed by atoms with Gasteiger partial charge in [-0.15, -0.1) is 0 Å². The maximum Gasteiger partial charge on any atom is 0.137 e. The Bertz CT molecular complexity index is 309. The number of hydrogen-bond acceptors (Lipinski definition) is 3. The summed E-state index contributed by atoms with van der Waals surface area (Å²) < 4.78 is 11.1. The molecule has 1 aromatic rings. The van der Waals surface area contributed by atoms with Crippen molar-refractivity contribution in [1.29, 1.82) is 0 Å². The molecule has 0 radical (unpaired) electrons. The van der Waals surface area contributed by atoms with Gasteiger partial charge in [0.2, 0.25) is 0 Å². The van der Waals surface area contributed by atoms with Crippen molar-refractivity contribution in [2.45, 2.75) is 31.8 Å². The van der Waals surface area contributed by atoms with Crippen LogP contribution in [0.1, 0.15) is 25.7 Å². The number of nitrogens with zero attached hydrogens (tertiary/aromatic N) is 1. The van der Waals surface area contributed by atoms with Crippen molar-refractivity contribution < 1.29 is 9.47 Å². The van der Waals surface area contributed by atoms with Gasteiger partial charge in [0.05, 0.1) is 18.9 Å². The SMILES string of the molecule is Clc1ccc(OCCCC2CCCO2)cn1. The molecule has 1 saturated heterocycles. The Balaban J connectivity index is 1.62. The van der Waals surface area contributed by atoms with Gasteiger partial charge in [0.25, 0.3) is 0 Å². The lowest BCUT2D eigenvalue weighted by atomic mass is 10.1. The van der Waals surface area contributed by atoms with Gasteiger partial charge in [-0.05, 0) is 37.8 Å². The summed E-state index contributed by atoms with van der Waals surface area (Å²) in [5.41, 5.74) is 0. The molecule has 0 bridgehead atoms. The first-order valence-electron chi connectivity index (χ1n) is 5.70. The molecule has 2 heterocycles.